The van der Waals surface area contributed by atoms with E-state index in [1.54, 1.807) is 27.7 Å². The van der Waals surface area contributed by atoms with Crippen molar-refractivity contribution in [1.29, 1.82) is 0 Å². The maximum atomic E-state index is 11.2. The fraction of sp³-hybridized carbons (Fsp3) is 0.667. The van der Waals surface area contributed by atoms with Crippen molar-refractivity contribution in [2.24, 2.45) is 0 Å². The largest absolute Gasteiger partial charge is 0.442 e. The van der Waals surface area contributed by atoms with Crippen LogP contribution in [0.2, 0.25) is 0 Å². The third-order valence-electron chi connectivity index (χ3n) is 1.31. The minimum absolute atomic E-state index is 0.449. The van der Waals surface area contributed by atoms with Crippen LogP contribution in [0.25, 0.3) is 0 Å². The average molecular weight is 187 g/mol. The number of hydroxylamine groups is 2. The van der Waals surface area contributed by atoms with Gasteiger partial charge in [0, 0.05) is 0 Å². The predicted octanol–water partition coefficient (Wildman–Crippen LogP) is 2.19. The summed E-state index contributed by atoms with van der Waals surface area (Å²) in [6.07, 6.45) is 0.684. The van der Waals surface area contributed by atoms with Crippen molar-refractivity contribution in [3.05, 3.63) is 12.7 Å². The fourth-order valence-electron chi connectivity index (χ4n) is 0.575. The van der Waals surface area contributed by atoms with Crippen molar-refractivity contribution in [2.45, 2.75) is 39.3 Å². The lowest BCUT2D eigenvalue weighted by molar-refractivity contribution is -0.106. The van der Waals surface area contributed by atoms with Crippen molar-refractivity contribution in [2.75, 3.05) is 0 Å². The van der Waals surface area contributed by atoms with Crippen molar-refractivity contribution < 1.29 is 14.7 Å². The first-order valence-electron chi connectivity index (χ1n) is 4.11. The average Bonchev–Trinajstić information content (AvgIpc) is 1.98. The smallest absolute Gasteiger partial charge is 0.434 e. The molecule has 4 heteroatoms. The summed E-state index contributed by atoms with van der Waals surface area (Å²) < 4.78 is 4.91. The van der Waals surface area contributed by atoms with E-state index in [1.165, 1.54) is 6.08 Å². The van der Waals surface area contributed by atoms with Crippen LogP contribution in [0.5, 0.6) is 0 Å². The Bertz CT molecular complexity index is 196. The molecule has 0 aromatic rings. The first-order chi connectivity index (χ1) is 5.78. The Morgan fingerprint density at radius 2 is 2.08 bits per heavy atom. The zero-order valence-corrected chi connectivity index (χ0v) is 8.57. The quantitative estimate of drug-likeness (QED) is 0.409. The topological polar surface area (TPSA) is 49.8 Å². The lowest BCUT2D eigenvalue weighted by Gasteiger charge is -2.25. The summed E-state index contributed by atoms with van der Waals surface area (Å²) in [6, 6.07) is -0.449. The molecule has 0 aromatic carbocycles. The maximum absolute atomic E-state index is 11.2. The Labute approximate surface area is 78.8 Å². The third-order valence-corrected chi connectivity index (χ3v) is 1.31. The number of carbonyl (C=O) groups excluding carboxylic acids is 1. The number of nitrogens with zero attached hydrogens (tertiary/aromatic N) is 1. The van der Waals surface area contributed by atoms with Gasteiger partial charge in [0.2, 0.25) is 0 Å². The van der Waals surface area contributed by atoms with Gasteiger partial charge in [-0.3, -0.25) is 5.21 Å². The minimum Gasteiger partial charge on any atom is -0.442 e. The molecule has 0 aliphatic rings. The molecular weight excluding hydrogens is 170 g/mol. The molecule has 1 N–H and O–H groups in total. The predicted molar refractivity (Wildman–Crippen MR) is 49.5 cm³/mol. The second-order valence-electron chi connectivity index (χ2n) is 3.80. The van der Waals surface area contributed by atoms with Crippen LogP contribution in [0.15, 0.2) is 12.7 Å². The Morgan fingerprint density at radius 3 is 2.38 bits per heavy atom. The molecule has 0 bridgehead atoms. The Balaban J connectivity index is 4.19. The van der Waals surface area contributed by atoms with E-state index < -0.39 is 17.7 Å². The third kappa shape index (κ3) is 4.52. The standard InChI is InChI=1S/C9H17NO3/c1-6-7(2)10(12)8(11)13-9(3,4)5/h6-7,12H,1H2,2-5H3/t7-/m1/s1. The highest BCUT2D eigenvalue weighted by Gasteiger charge is 2.23. The van der Waals surface area contributed by atoms with Crippen LogP contribution in [-0.4, -0.2) is 28.0 Å². The normalized spacial score (nSPS) is 13.3. The molecule has 0 rings (SSSR count). The number of hydrogen-bond acceptors (Lipinski definition) is 3. The number of amides is 1. The molecule has 0 aliphatic heterocycles. The van der Waals surface area contributed by atoms with Gasteiger partial charge in [0.05, 0.1) is 6.04 Å². The van der Waals surface area contributed by atoms with Gasteiger partial charge in [0.1, 0.15) is 5.60 Å². The molecule has 13 heavy (non-hydrogen) atoms. The van der Waals surface area contributed by atoms with Gasteiger partial charge in [-0.05, 0) is 27.7 Å². The molecule has 4 nitrogen and oxygen atoms in total. The summed E-state index contributed by atoms with van der Waals surface area (Å²) in [5.41, 5.74) is -0.598. The van der Waals surface area contributed by atoms with Gasteiger partial charge in [0.25, 0.3) is 0 Å². The first kappa shape index (κ1) is 12.0. The summed E-state index contributed by atoms with van der Waals surface area (Å²) in [7, 11) is 0. The van der Waals surface area contributed by atoms with Crippen molar-refractivity contribution in [3.8, 4) is 0 Å². The molecule has 0 fully saturated rings. The van der Waals surface area contributed by atoms with Crippen molar-refractivity contribution in [3.63, 3.8) is 0 Å². The van der Waals surface area contributed by atoms with E-state index in [0.29, 0.717) is 5.06 Å². The molecule has 1 atom stereocenters. The van der Waals surface area contributed by atoms with E-state index in [9.17, 15) is 10.0 Å². The maximum Gasteiger partial charge on any atom is 0.434 e. The molecule has 0 aromatic heterocycles. The second kappa shape index (κ2) is 4.28. The molecule has 76 valence electrons. The van der Waals surface area contributed by atoms with Gasteiger partial charge in [-0.15, -0.1) is 6.58 Å². The number of rotatable bonds is 2. The molecule has 0 spiro atoms. The van der Waals surface area contributed by atoms with Gasteiger partial charge in [-0.1, -0.05) is 6.08 Å². The van der Waals surface area contributed by atoms with Crippen LogP contribution in [0, 0.1) is 0 Å². The highest BCUT2D eigenvalue weighted by Crippen LogP contribution is 2.10. The summed E-state index contributed by atoms with van der Waals surface area (Å²) in [4.78, 5) is 11.2. The van der Waals surface area contributed by atoms with E-state index in [1.807, 2.05) is 0 Å². The van der Waals surface area contributed by atoms with Crippen LogP contribution in [0.3, 0.4) is 0 Å². The summed E-state index contributed by atoms with van der Waals surface area (Å²) >= 11 is 0. The van der Waals surface area contributed by atoms with E-state index >= 15 is 0 Å². The van der Waals surface area contributed by atoms with Crippen LogP contribution >= 0.6 is 0 Å². The second-order valence-corrected chi connectivity index (χ2v) is 3.80. The highest BCUT2D eigenvalue weighted by molar-refractivity contribution is 5.67. The van der Waals surface area contributed by atoms with Crippen LogP contribution in [0.1, 0.15) is 27.7 Å². The number of ether oxygens (including phenoxy) is 1. The lowest BCUT2D eigenvalue weighted by Crippen LogP contribution is -2.38. The molecule has 0 saturated heterocycles. The first-order valence-corrected chi connectivity index (χ1v) is 4.11. The summed E-state index contributed by atoms with van der Waals surface area (Å²) in [5, 5.41) is 9.75. The fourth-order valence-corrected chi connectivity index (χ4v) is 0.575. The number of hydrogen-bond donors (Lipinski definition) is 1. The zero-order chi connectivity index (χ0) is 10.6. The lowest BCUT2D eigenvalue weighted by atomic mass is 10.2. The van der Waals surface area contributed by atoms with Gasteiger partial charge in [-0.25, -0.2) is 4.79 Å². The minimum atomic E-state index is -0.764. The Morgan fingerprint density at radius 1 is 1.62 bits per heavy atom. The van der Waals surface area contributed by atoms with E-state index in [4.69, 9.17) is 4.74 Å². The Hall–Kier alpha value is -1.03. The van der Waals surface area contributed by atoms with Crippen molar-refractivity contribution in [1.82, 2.24) is 5.06 Å². The molecule has 1 amide bonds. The van der Waals surface area contributed by atoms with Crippen LogP contribution in [0.4, 0.5) is 4.79 Å². The van der Waals surface area contributed by atoms with Crippen LogP contribution in [-0.2, 0) is 4.74 Å². The molecule has 0 saturated carbocycles. The van der Waals surface area contributed by atoms with Gasteiger partial charge in [0.15, 0.2) is 0 Å². The Kier molecular flexibility index (Phi) is 3.94. The van der Waals surface area contributed by atoms with Crippen LogP contribution < -0.4 is 0 Å². The molecular formula is C9H17NO3. The van der Waals surface area contributed by atoms with Crippen molar-refractivity contribution >= 4 is 6.09 Å². The summed E-state index contributed by atoms with van der Waals surface area (Å²) in [5.74, 6) is 0. The molecule has 0 unspecified atom stereocenters. The van der Waals surface area contributed by atoms with E-state index in [2.05, 4.69) is 6.58 Å². The van der Waals surface area contributed by atoms with Gasteiger partial charge < -0.3 is 4.74 Å². The molecule has 0 radical (unpaired) electrons. The van der Waals surface area contributed by atoms with Gasteiger partial charge in [-0.2, -0.15) is 5.06 Å². The highest BCUT2D eigenvalue weighted by atomic mass is 16.6. The van der Waals surface area contributed by atoms with E-state index in [0.717, 1.165) is 0 Å². The molecule has 0 aliphatic carbocycles. The van der Waals surface area contributed by atoms with Gasteiger partial charge >= 0.3 is 6.09 Å². The summed E-state index contributed by atoms with van der Waals surface area (Å²) in [6.45, 7) is 10.3. The SMILES string of the molecule is C=C[C@@H](C)N(O)C(=O)OC(C)(C)C. The number of carbonyl (C=O) groups is 1. The van der Waals surface area contributed by atoms with E-state index in [-0.39, 0.29) is 0 Å². The monoisotopic (exact) mass is 187 g/mol. The molecule has 0 heterocycles. The zero-order valence-electron chi connectivity index (χ0n) is 8.57.